The van der Waals surface area contributed by atoms with E-state index in [1.54, 1.807) is 0 Å². The standard InChI is InChI=1S/C19H13F6N5O3/c20-10-2-1-3-11(4-10)30-17(33)12(16(32)26-8-14(31)15(21)22)5-13(29-30)9-6-27-18(28-7-9)19(23,24)25/h1-7,14-15,31H,8H2,(H,26,32). The highest BCUT2D eigenvalue weighted by Gasteiger charge is 2.34. The predicted octanol–water partition coefficient (Wildman–Crippen LogP) is 2.20. The number of hydrogen-bond acceptors (Lipinski definition) is 6. The van der Waals surface area contributed by atoms with Crippen molar-refractivity contribution in [2.75, 3.05) is 6.54 Å². The fourth-order valence-corrected chi connectivity index (χ4v) is 2.57. The molecule has 1 unspecified atom stereocenters. The minimum absolute atomic E-state index is 0.128. The van der Waals surface area contributed by atoms with Crippen LogP contribution in [0.5, 0.6) is 0 Å². The number of alkyl halides is 5. The van der Waals surface area contributed by atoms with Gasteiger partial charge in [0.05, 0.1) is 11.4 Å². The molecule has 0 bridgehead atoms. The van der Waals surface area contributed by atoms with E-state index in [0.717, 1.165) is 30.6 Å². The summed E-state index contributed by atoms with van der Waals surface area (Å²) in [5.74, 6) is -3.37. The Bertz CT molecular complexity index is 1210. The SMILES string of the molecule is O=C(NCC(O)C(F)F)c1cc(-c2cnc(C(F)(F)F)nc2)nn(-c2cccc(F)c2)c1=O. The van der Waals surface area contributed by atoms with E-state index in [2.05, 4.69) is 15.1 Å². The van der Waals surface area contributed by atoms with E-state index in [0.29, 0.717) is 4.68 Å². The molecule has 174 valence electrons. The molecule has 1 aromatic carbocycles. The van der Waals surface area contributed by atoms with Gasteiger partial charge in [0.15, 0.2) is 0 Å². The van der Waals surface area contributed by atoms with Crippen LogP contribution in [0.4, 0.5) is 26.3 Å². The topological polar surface area (TPSA) is 110 Å². The Balaban J connectivity index is 2.10. The summed E-state index contributed by atoms with van der Waals surface area (Å²) in [7, 11) is 0. The van der Waals surface area contributed by atoms with Crippen LogP contribution in [0.25, 0.3) is 16.9 Å². The Hall–Kier alpha value is -3.81. The smallest absolute Gasteiger partial charge is 0.385 e. The largest absolute Gasteiger partial charge is 0.451 e. The summed E-state index contributed by atoms with van der Waals surface area (Å²) < 4.78 is 77.4. The number of aliphatic hydroxyl groups excluding tert-OH is 1. The molecule has 14 heteroatoms. The number of carbonyl (C=O) groups is 1. The van der Waals surface area contributed by atoms with Gasteiger partial charge in [0.1, 0.15) is 17.5 Å². The van der Waals surface area contributed by atoms with Gasteiger partial charge in [0.25, 0.3) is 17.9 Å². The van der Waals surface area contributed by atoms with Crippen molar-refractivity contribution in [3.8, 4) is 16.9 Å². The van der Waals surface area contributed by atoms with Gasteiger partial charge >= 0.3 is 6.18 Å². The zero-order chi connectivity index (χ0) is 24.3. The summed E-state index contributed by atoms with van der Waals surface area (Å²) in [6.07, 6.45) is -8.68. The number of amides is 1. The molecule has 3 rings (SSSR count). The van der Waals surface area contributed by atoms with E-state index in [-0.39, 0.29) is 16.9 Å². The molecule has 3 aromatic rings. The Labute approximate surface area is 180 Å². The molecule has 0 aliphatic carbocycles. The first-order valence-corrected chi connectivity index (χ1v) is 9.01. The fraction of sp³-hybridized carbons (Fsp3) is 0.211. The third-order valence-corrected chi connectivity index (χ3v) is 4.17. The molecule has 0 radical (unpaired) electrons. The number of benzene rings is 1. The highest BCUT2D eigenvalue weighted by Crippen LogP contribution is 2.26. The molecule has 33 heavy (non-hydrogen) atoms. The first-order chi connectivity index (χ1) is 15.5. The van der Waals surface area contributed by atoms with Crippen molar-refractivity contribution in [1.82, 2.24) is 25.1 Å². The van der Waals surface area contributed by atoms with Crippen LogP contribution in [-0.4, -0.2) is 49.8 Å². The van der Waals surface area contributed by atoms with Crippen LogP contribution in [0.1, 0.15) is 16.2 Å². The van der Waals surface area contributed by atoms with Crippen molar-refractivity contribution in [2.45, 2.75) is 18.7 Å². The number of carbonyl (C=O) groups excluding carboxylic acids is 1. The van der Waals surface area contributed by atoms with Crippen LogP contribution in [0.15, 0.2) is 47.5 Å². The molecule has 0 spiro atoms. The van der Waals surface area contributed by atoms with Gasteiger partial charge < -0.3 is 10.4 Å². The highest BCUT2D eigenvalue weighted by atomic mass is 19.4. The average Bonchev–Trinajstić information content (AvgIpc) is 2.76. The number of aromatic nitrogens is 4. The number of nitrogens with one attached hydrogen (secondary N) is 1. The third-order valence-electron chi connectivity index (χ3n) is 4.17. The summed E-state index contributed by atoms with van der Waals surface area (Å²) in [4.78, 5) is 31.6. The second-order valence-corrected chi connectivity index (χ2v) is 6.55. The maximum Gasteiger partial charge on any atom is 0.451 e. The van der Waals surface area contributed by atoms with E-state index >= 15 is 0 Å². The minimum Gasteiger partial charge on any atom is -0.385 e. The van der Waals surface area contributed by atoms with Crippen LogP contribution >= 0.6 is 0 Å². The van der Waals surface area contributed by atoms with E-state index < -0.39 is 53.9 Å². The van der Waals surface area contributed by atoms with E-state index in [4.69, 9.17) is 5.11 Å². The van der Waals surface area contributed by atoms with E-state index in [9.17, 15) is 35.9 Å². The lowest BCUT2D eigenvalue weighted by Gasteiger charge is -2.13. The van der Waals surface area contributed by atoms with Crippen LogP contribution in [0.3, 0.4) is 0 Å². The molecule has 0 aliphatic rings. The monoisotopic (exact) mass is 473 g/mol. The molecule has 2 aromatic heterocycles. The maximum atomic E-state index is 13.7. The Morgan fingerprint density at radius 3 is 2.39 bits per heavy atom. The zero-order valence-electron chi connectivity index (χ0n) is 16.2. The zero-order valence-corrected chi connectivity index (χ0v) is 16.2. The fourth-order valence-electron chi connectivity index (χ4n) is 2.57. The molecule has 0 fully saturated rings. The van der Waals surface area contributed by atoms with Crippen molar-refractivity contribution in [2.24, 2.45) is 0 Å². The molecule has 1 atom stereocenters. The normalized spacial score (nSPS) is 12.6. The Kier molecular flexibility index (Phi) is 6.76. The van der Waals surface area contributed by atoms with Gasteiger partial charge in [-0.15, -0.1) is 0 Å². The molecular formula is C19H13F6N5O3. The lowest BCUT2D eigenvalue weighted by molar-refractivity contribution is -0.145. The van der Waals surface area contributed by atoms with Gasteiger partial charge in [-0.1, -0.05) is 6.07 Å². The molecule has 0 aliphatic heterocycles. The number of hydrogen-bond donors (Lipinski definition) is 2. The second kappa shape index (κ2) is 9.36. The summed E-state index contributed by atoms with van der Waals surface area (Å²) in [5, 5.41) is 15.1. The molecule has 1 amide bonds. The van der Waals surface area contributed by atoms with E-state index in [1.165, 1.54) is 12.1 Å². The molecular weight excluding hydrogens is 460 g/mol. The number of nitrogens with zero attached hydrogens (tertiary/aromatic N) is 4. The number of aliphatic hydroxyl groups is 1. The van der Waals surface area contributed by atoms with Crippen molar-refractivity contribution in [3.05, 3.63) is 70.3 Å². The van der Waals surface area contributed by atoms with Crippen LogP contribution in [0.2, 0.25) is 0 Å². The predicted molar refractivity (Wildman–Crippen MR) is 100 cm³/mol. The van der Waals surface area contributed by atoms with Gasteiger partial charge in [-0.2, -0.15) is 23.0 Å². The molecule has 0 saturated heterocycles. The quantitative estimate of drug-likeness (QED) is 0.532. The van der Waals surface area contributed by atoms with E-state index in [1.807, 2.05) is 5.32 Å². The maximum absolute atomic E-state index is 13.7. The van der Waals surface area contributed by atoms with Crippen molar-refractivity contribution in [3.63, 3.8) is 0 Å². The first-order valence-electron chi connectivity index (χ1n) is 9.01. The first kappa shape index (κ1) is 23.8. The molecule has 2 N–H and O–H groups in total. The second-order valence-electron chi connectivity index (χ2n) is 6.55. The van der Waals surface area contributed by atoms with Gasteiger partial charge in [-0.25, -0.2) is 23.1 Å². The Morgan fingerprint density at radius 2 is 1.82 bits per heavy atom. The minimum atomic E-state index is -4.82. The molecule has 2 heterocycles. The van der Waals surface area contributed by atoms with Crippen LogP contribution in [0, 0.1) is 5.82 Å². The Morgan fingerprint density at radius 1 is 1.15 bits per heavy atom. The van der Waals surface area contributed by atoms with Gasteiger partial charge in [-0.3, -0.25) is 9.59 Å². The number of rotatable bonds is 6. The van der Waals surface area contributed by atoms with Crippen LogP contribution in [-0.2, 0) is 6.18 Å². The summed E-state index contributed by atoms with van der Waals surface area (Å²) in [6, 6.07) is 5.37. The van der Waals surface area contributed by atoms with Crippen molar-refractivity contribution in [1.29, 1.82) is 0 Å². The van der Waals surface area contributed by atoms with Crippen molar-refractivity contribution >= 4 is 5.91 Å². The summed E-state index contributed by atoms with van der Waals surface area (Å²) in [6.45, 7) is -0.892. The average molecular weight is 473 g/mol. The lowest BCUT2D eigenvalue weighted by atomic mass is 10.1. The third kappa shape index (κ3) is 5.52. The van der Waals surface area contributed by atoms with Gasteiger partial charge in [-0.05, 0) is 24.3 Å². The summed E-state index contributed by atoms with van der Waals surface area (Å²) in [5.41, 5.74) is -2.25. The molecule has 8 nitrogen and oxygen atoms in total. The van der Waals surface area contributed by atoms with Gasteiger partial charge in [0.2, 0.25) is 5.82 Å². The lowest BCUT2D eigenvalue weighted by Crippen LogP contribution is -2.39. The number of halogens is 6. The molecule has 0 saturated carbocycles. The highest BCUT2D eigenvalue weighted by molar-refractivity contribution is 5.94. The summed E-state index contributed by atoms with van der Waals surface area (Å²) >= 11 is 0. The van der Waals surface area contributed by atoms with Gasteiger partial charge in [0, 0.05) is 24.5 Å². The van der Waals surface area contributed by atoms with Crippen LogP contribution < -0.4 is 10.9 Å². The van der Waals surface area contributed by atoms with Crippen molar-refractivity contribution < 1.29 is 36.2 Å².